The maximum Gasteiger partial charge on any atom is 0.330 e. The molecule has 0 atom stereocenters. The molecule has 0 aliphatic heterocycles. The van der Waals surface area contributed by atoms with Gasteiger partial charge in [-0.05, 0) is 24.6 Å². The van der Waals surface area contributed by atoms with Gasteiger partial charge in [0, 0.05) is 11.6 Å². The molecule has 0 aliphatic carbocycles. The largest absolute Gasteiger partial charge is 0.330 e. The Labute approximate surface area is 167 Å². The average molecular weight is 418 g/mol. The van der Waals surface area contributed by atoms with Crippen LogP contribution in [0.5, 0.6) is 0 Å². The minimum atomic E-state index is -0.498. The molecule has 1 aromatic carbocycles. The molecule has 4 rings (SSSR count). The van der Waals surface area contributed by atoms with E-state index in [1.807, 2.05) is 23.6 Å². The van der Waals surface area contributed by atoms with Crippen LogP contribution < -0.4 is 11.2 Å². The Morgan fingerprint density at radius 2 is 1.96 bits per heavy atom. The summed E-state index contributed by atoms with van der Waals surface area (Å²) in [6.45, 7) is 2.75. The van der Waals surface area contributed by atoms with Crippen LogP contribution in [0.15, 0.2) is 45.3 Å². The van der Waals surface area contributed by atoms with E-state index in [1.54, 1.807) is 12.1 Å². The third kappa shape index (κ3) is 3.48. The summed E-state index contributed by atoms with van der Waals surface area (Å²) < 4.78 is 3.28. The number of aryl methyl sites for hydroxylation is 1. The molecule has 0 saturated carbocycles. The van der Waals surface area contributed by atoms with Crippen LogP contribution >= 0.6 is 23.4 Å². The van der Waals surface area contributed by atoms with Crippen molar-refractivity contribution < 1.29 is 0 Å². The number of fused-ring (bicyclic) bond motifs is 1. The third-order valence-electron chi connectivity index (χ3n) is 4.27. The monoisotopic (exact) mass is 417 g/mol. The van der Waals surface area contributed by atoms with Crippen LogP contribution in [0.1, 0.15) is 18.3 Å². The van der Waals surface area contributed by atoms with E-state index >= 15 is 0 Å². The number of hydrogen-bond donors (Lipinski definition) is 2. The van der Waals surface area contributed by atoms with Crippen LogP contribution in [-0.2, 0) is 18.8 Å². The second-order valence-electron chi connectivity index (χ2n) is 6.00. The quantitative estimate of drug-likeness (QED) is 0.464. The molecular formula is C17H16ClN7O2S. The Bertz CT molecular complexity index is 1230. The number of halogens is 1. The Kier molecular flexibility index (Phi) is 5.05. The standard InChI is InChI=1S/C17H16ClN7O2S/c1-2-24-12(8-28-16-19-9-20-23-16)21-14-13(24)15(26)22-17(27)25(14)7-10-3-5-11(18)6-4-10/h3-6,9H,2,7-8H2,1H3,(H,19,20,23)(H,22,26,27). The number of rotatable bonds is 6. The van der Waals surface area contributed by atoms with Crippen molar-refractivity contribution in [1.29, 1.82) is 0 Å². The highest BCUT2D eigenvalue weighted by Crippen LogP contribution is 2.21. The highest BCUT2D eigenvalue weighted by atomic mass is 35.5. The predicted molar refractivity (Wildman–Crippen MR) is 107 cm³/mol. The van der Waals surface area contributed by atoms with Crippen molar-refractivity contribution in [2.75, 3.05) is 0 Å². The number of imidazole rings is 1. The van der Waals surface area contributed by atoms with Crippen LogP contribution in [-0.4, -0.2) is 34.3 Å². The van der Waals surface area contributed by atoms with Gasteiger partial charge in [0.1, 0.15) is 12.2 Å². The van der Waals surface area contributed by atoms with Gasteiger partial charge >= 0.3 is 5.69 Å². The molecule has 3 heterocycles. The molecule has 0 fully saturated rings. The van der Waals surface area contributed by atoms with E-state index < -0.39 is 11.2 Å². The summed E-state index contributed by atoms with van der Waals surface area (Å²) in [4.78, 5) is 36.1. The number of thioether (sulfide) groups is 1. The maximum atomic E-state index is 12.5. The molecule has 0 radical (unpaired) electrons. The van der Waals surface area contributed by atoms with Crippen molar-refractivity contribution in [3.05, 3.63) is 67.8 Å². The Morgan fingerprint density at radius 3 is 2.64 bits per heavy atom. The van der Waals surface area contributed by atoms with Crippen molar-refractivity contribution >= 4 is 34.5 Å². The Morgan fingerprint density at radius 1 is 1.18 bits per heavy atom. The van der Waals surface area contributed by atoms with Gasteiger partial charge in [0.15, 0.2) is 16.3 Å². The van der Waals surface area contributed by atoms with Gasteiger partial charge in [0.2, 0.25) is 0 Å². The summed E-state index contributed by atoms with van der Waals surface area (Å²) in [5.74, 6) is 1.16. The van der Waals surface area contributed by atoms with Gasteiger partial charge in [-0.2, -0.15) is 5.10 Å². The topological polar surface area (TPSA) is 114 Å². The molecular weight excluding hydrogens is 402 g/mol. The van der Waals surface area contributed by atoms with E-state index in [2.05, 4.69) is 25.1 Å². The SMILES string of the molecule is CCn1c(CSc2ncn[nH]2)nc2c1c(=O)[nH]c(=O)n2Cc1ccc(Cl)cc1. The number of aromatic nitrogens is 7. The van der Waals surface area contributed by atoms with Crippen molar-refractivity contribution in [2.24, 2.45) is 0 Å². The molecule has 0 amide bonds. The fourth-order valence-corrected chi connectivity index (χ4v) is 3.84. The molecule has 28 heavy (non-hydrogen) atoms. The number of nitrogens with zero attached hydrogens (tertiary/aromatic N) is 5. The second kappa shape index (κ2) is 7.64. The molecule has 2 N–H and O–H groups in total. The van der Waals surface area contributed by atoms with Crippen molar-refractivity contribution in [3.8, 4) is 0 Å². The Balaban J connectivity index is 1.80. The molecule has 0 aliphatic rings. The number of benzene rings is 1. The minimum absolute atomic E-state index is 0.276. The van der Waals surface area contributed by atoms with Crippen LogP contribution in [0, 0.1) is 0 Å². The first-order chi connectivity index (χ1) is 13.6. The summed E-state index contributed by atoms with van der Waals surface area (Å²) in [5, 5.41) is 7.87. The normalized spacial score (nSPS) is 11.4. The first-order valence-electron chi connectivity index (χ1n) is 8.51. The van der Waals surface area contributed by atoms with E-state index in [9.17, 15) is 9.59 Å². The van der Waals surface area contributed by atoms with Crippen LogP contribution in [0.4, 0.5) is 0 Å². The van der Waals surface area contributed by atoms with Gasteiger partial charge < -0.3 is 4.57 Å². The van der Waals surface area contributed by atoms with Gasteiger partial charge in [0.05, 0.1) is 12.3 Å². The number of hydrogen-bond acceptors (Lipinski definition) is 6. The van der Waals surface area contributed by atoms with Crippen LogP contribution in [0.25, 0.3) is 11.2 Å². The average Bonchev–Trinajstić information content (AvgIpc) is 3.32. The first kappa shape index (κ1) is 18.5. The third-order valence-corrected chi connectivity index (χ3v) is 5.39. The lowest BCUT2D eigenvalue weighted by atomic mass is 10.2. The fraction of sp³-hybridized carbons (Fsp3) is 0.235. The molecule has 0 unspecified atom stereocenters. The number of nitrogens with one attached hydrogen (secondary N) is 2. The molecule has 0 bridgehead atoms. The van der Waals surface area contributed by atoms with Gasteiger partial charge in [-0.1, -0.05) is 35.5 Å². The van der Waals surface area contributed by atoms with Crippen molar-refractivity contribution in [1.82, 2.24) is 34.3 Å². The van der Waals surface area contributed by atoms with Gasteiger partial charge in [0.25, 0.3) is 5.56 Å². The summed E-state index contributed by atoms with van der Waals surface area (Å²) in [6, 6.07) is 7.19. The first-order valence-corrected chi connectivity index (χ1v) is 9.88. The lowest BCUT2D eigenvalue weighted by Crippen LogP contribution is -2.31. The van der Waals surface area contributed by atoms with E-state index in [-0.39, 0.29) is 6.54 Å². The summed E-state index contributed by atoms with van der Waals surface area (Å²) in [5.41, 5.74) is 0.673. The molecule has 3 aromatic heterocycles. The summed E-state index contributed by atoms with van der Waals surface area (Å²) in [7, 11) is 0. The highest BCUT2D eigenvalue weighted by molar-refractivity contribution is 7.98. The lowest BCUT2D eigenvalue weighted by molar-refractivity contribution is 0.736. The molecule has 144 valence electrons. The van der Waals surface area contributed by atoms with E-state index in [1.165, 1.54) is 22.7 Å². The summed E-state index contributed by atoms with van der Waals surface area (Å²) >= 11 is 7.36. The van der Waals surface area contributed by atoms with E-state index in [0.717, 1.165) is 5.56 Å². The van der Waals surface area contributed by atoms with E-state index in [4.69, 9.17) is 11.6 Å². The van der Waals surface area contributed by atoms with Gasteiger partial charge in [-0.15, -0.1) is 0 Å². The number of H-pyrrole nitrogens is 2. The second-order valence-corrected chi connectivity index (χ2v) is 7.40. The lowest BCUT2D eigenvalue weighted by Gasteiger charge is -2.07. The maximum absolute atomic E-state index is 12.5. The zero-order valence-electron chi connectivity index (χ0n) is 14.8. The van der Waals surface area contributed by atoms with Crippen LogP contribution in [0.2, 0.25) is 5.02 Å². The molecule has 0 spiro atoms. The highest BCUT2D eigenvalue weighted by Gasteiger charge is 2.18. The zero-order chi connectivity index (χ0) is 19.7. The van der Waals surface area contributed by atoms with Gasteiger partial charge in [-0.25, -0.2) is 14.8 Å². The predicted octanol–water partition coefficient (Wildman–Crippen LogP) is 2.02. The molecule has 9 nitrogen and oxygen atoms in total. The van der Waals surface area contributed by atoms with Crippen molar-refractivity contribution in [2.45, 2.75) is 30.9 Å². The van der Waals surface area contributed by atoms with Crippen LogP contribution in [0.3, 0.4) is 0 Å². The van der Waals surface area contributed by atoms with E-state index in [0.29, 0.717) is 39.5 Å². The smallest absolute Gasteiger partial charge is 0.322 e. The number of aromatic amines is 2. The molecule has 0 saturated heterocycles. The Hall–Kier alpha value is -2.85. The minimum Gasteiger partial charge on any atom is -0.322 e. The molecule has 4 aromatic rings. The molecule has 11 heteroatoms. The van der Waals surface area contributed by atoms with Gasteiger partial charge in [-0.3, -0.25) is 19.4 Å². The van der Waals surface area contributed by atoms with Crippen molar-refractivity contribution in [3.63, 3.8) is 0 Å². The summed E-state index contributed by atoms with van der Waals surface area (Å²) in [6.07, 6.45) is 1.43. The zero-order valence-corrected chi connectivity index (χ0v) is 16.4. The fourth-order valence-electron chi connectivity index (χ4n) is 2.98.